The van der Waals surface area contributed by atoms with Crippen molar-refractivity contribution in [1.29, 1.82) is 0 Å². The van der Waals surface area contributed by atoms with E-state index in [1.807, 2.05) is 60.0 Å². The predicted molar refractivity (Wildman–Crippen MR) is 129 cm³/mol. The minimum absolute atomic E-state index is 0.0843. The molecule has 0 spiro atoms. The second-order valence-electron chi connectivity index (χ2n) is 7.75. The quantitative estimate of drug-likeness (QED) is 0.382. The van der Waals surface area contributed by atoms with E-state index in [0.29, 0.717) is 16.9 Å². The van der Waals surface area contributed by atoms with E-state index in [1.165, 1.54) is 17.3 Å². The van der Waals surface area contributed by atoms with E-state index < -0.39 is 0 Å². The number of aromatic nitrogens is 4. The number of hydrogen-bond donors (Lipinski definition) is 1. The van der Waals surface area contributed by atoms with Crippen LogP contribution in [0.2, 0.25) is 0 Å². The standard InChI is InChI=1S/C25H25N5OS/c1-17(2)20-11-5-7-13-22(20)30-24(19-10-8-14-26-15-19)28-29-25(30)32-16-23(31)27-21-12-6-4-9-18(21)3/h4-15,17H,16H2,1-3H3,(H,27,31). The molecule has 0 fully saturated rings. The molecule has 4 rings (SSSR count). The second kappa shape index (κ2) is 9.78. The van der Waals surface area contributed by atoms with E-state index >= 15 is 0 Å². The van der Waals surface area contributed by atoms with E-state index in [1.54, 1.807) is 12.4 Å². The normalized spacial score (nSPS) is 11.0. The van der Waals surface area contributed by atoms with Gasteiger partial charge in [-0.3, -0.25) is 14.3 Å². The van der Waals surface area contributed by atoms with Crippen molar-refractivity contribution in [3.05, 3.63) is 84.2 Å². The first-order valence-electron chi connectivity index (χ1n) is 10.5. The summed E-state index contributed by atoms with van der Waals surface area (Å²) >= 11 is 1.37. The van der Waals surface area contributed by atoms with Gasteiger partial charge in [0, 0.05) is 23.6 Å². The van der Waals surface area contributed by atoms with Crippen LogP contribution in [0.4, 0.5) is 5.69 Å². The van der Waals surface area contributed by atoms with Crippen LogP contribution in [0, 0.1) is 6.92 Å². The first-order chi connectivity index (χ1) is 15.5. The molecule has 32 heavy (non-hydrogen) atoms. The molecule has 0 unspecified atom stereocenters. The van der Waals surface area contributed by atoms with Gasteiger partial charge in [0.25, 0.3) is 0 Å². The Morgan fingerprint density at radius 3 is 2.56 bits per heavy atom. The summed E-state index contributed by atoms with van der Waals surface area (Å²) < 4.78 is 2.03. The lowest BCUT2D eigenvalue weighted by atomic mass is 10.0. The molecule has 2 aromatic carbocycles. The Hall–Kier alpha value is -3.45. The van der Waals surface area contributed by atoms with E-state index in [2.05, 4.69) is 46.5 Å². The predicted octanol–water partition coefficient (Wildman–Crippen LogP) is 5.49. The van der Waals surface area contributed by atoms with Crippen LogP contribution in [0.5, 0.6) is 0 Å². The van der Waals surface area contributed by atoms with Crippen molar-refractivity contribution in [3.63, 3.8) is 0 Å². The Bertz CT molecular complexity index is 1220. The number of para-hydroxylation sites is 2. The number of carbonyl (C=O) groups excluding carboxylic acids is 1. The van der Waals surface area contributed by atoms with Crippen molar-refractivity contribution >= 4 is 23.4 Å². The zero-order valence-corrected chi connectivity index (χ0v) is 19.1. The third-order valence-electron chi connectivity index (χ3n) is 5.10. The number of rotatable bonds is 7. The molecule has 0 bridgehead atoms. The van der Waals surface area contributed by atoms with Gasteiger partial charge in [-0.2, -0.15) is 0 Å². The average Bonchev–Trinajstić information content (AvgIpc) is 3.23. The summed E-state index contributed by atoms with van der Waals surface area (Å²) in [6.45, 7) is 6.30. The van der Waals surface area contributed by atoms with E-state index in [4.69, 9.17) is 0 Å². The summed E-state index contributed by atoms with van der Waals surface area (Å²) in [5, 5.41) is 12.5. The van der Waals surface area contributed by atoms with Crippen molar-refractivity contribution < 1.29 is 4.79 Å². The van der Waals surface area contributed by atoms with Crippen LogP contribution in [0.15, 0.2) is 78.2 Å². The molecule has 0 radical (unpaired) electrons. The Balaban J connectivity index is 1.67. The van der Waals surface area contributed by atoms with Gasteiger partial charge in [-0.15, -0.1) is 10.2 Å². The van der Waals surface area contributed by atoms with Gasteiger partial charge in [-0.05, 0) is 48.2 Å². The molecule has 2 heterocycles. The van der Waals surface area contributed by atoms with Crippen molar-refractivity contribution in [2.75, 3.05) is 11.1 Å². The van der Waals surface area contributed by atoms with Gasteiger partial charge >= 0.3 is 0 Å². The Kier molecular flexibility index (Phi) is 6.66. The minimum atomic E-state index is -0.0843. The molecule has 6 nitrogen and oxygen atoms in total. The van der Waals surface area contributed by atoms with E-state index in [-0.39, 0.29) is 11.7 Å². The SMILES string of the molecule is Cc1ccccc1NC(=O)CSc1nnc(-c2cccnc2)n1-c1ccccc1C(C)C. The highest BCUT2D eigenvalue weighted by Gasteiger charge is 2.20. The number of nitrogens with zero attached hydrogens (tertiary/aromatic N) is 4. The van der Waals surface area contributed by atoms with Crippen molar-refractivity contribution in [2.45, 2.75) is 31.8 Å². The van der Waals surface area contributed by atoms with Crippen molar-refractivity contribution in [1.82, 2.24) is 19.7 Å². The number of pyridine rings is 1. The van der Waals surface area contributed by atoms with Gasteiger partial charge in [0.1, 0.15) is 0 Å². The maximum absolute atomic E-state index is 12.6. The number of aryl methyl sites for hydroxylation is 1. The zero-order chi connectivity index (χ0) is 22.5. The molecule has 4 aromatic rings. The van der Waals surface area contributed by atoms with Crippen LogP contribution >= 0.6 is 11.8 Å². The maximum Gasteiger partial charge on any atom is 0.234 e. The Labute approximate surface area is 192 Å². The van der Waals surface area contributed by atoms with Crippen LogP contribution in [0.25, 0.3) is 17.1 Å². The fraction of sp³-hybridized carbons (Fsp3) is 0.200. The minimum Gasteiger partial charge on any atom is -0.325 e. The Morgan fingerprint density at radius 2 is 1.81 bits per heavy atom. The summed E-state index contributed by atoms with van der Waals surface area (Å²) in [6, 6.07) is 19.8. The highest BCUT2D eigenvalue weighted by Crippen LogP contribution is 2.32. The summed E-state index contributed by atoms with van der Waals surface area (Å²) in [6.07, 6.45) is 3.51. The molecule has 7 heteroatoms. The number of anilines is 1. The molecule has 0 saturated carbocycles. The molecule has 1 N–H and O–H groups in total. The fourth-order valence-corrected chi connectivity index (χ4v) is 4.22. The summed E-state index contributed by atoms with van der Waals surface area (Å²) in [7, 11) is 0. The molecule has 2 aromatic heterocycles. The number of carbonyl (C=O) groups is 1. The van der Waals surface area contributed by atoms with Crippen molar-refractivity contribution in [2.24, 2.45) is 0 Å². The van der Waals surface area contributed by atoms with E-state index in [9.17, 15) is 4.79 Å². The van der Waals surface area contributed by atoms with Crippen LogP contribution in [-0.4, -0.2) is 31.4 Å². The highest BCUT2D eigenvalue weighted by atomic mass is 32.2. The van der Waals surface area contributed by atoms with Gasteiger partial charge in [0.2, 0.25) is 5.91 Å². The van der Waals surface area contributed by atoms with Gasteiger partial charge in [0.15, 0.2) is 11.0 Å². The van der Waals surface area contributed by atoms with Crippen LogP contribution in [0.3, 0.4) is 0 Å². The number of nitrogens with one attached hydrogen (secondary N) is 1. The molecule has 162 valence electrons. The zero-order valence-electron chi connectivity index (χ0n) is 18.3. The highest BCUT2D eigenvalue weighted by molar-refractivity contribution is 7.99. The molecule has 0 aliphatic heterocycles. The van der Waals surface area contributed by atoms with Gasteiger partial charge in [-0.1, -0.05) is 62.0 Å². The fourth-order valence-electron chi connectivity index (χ4n) is 3.47. The third-order valence-corrected chi connectivity index (χ3v) is 6.03. The number of thioether (sulfide) groups is 1. The summed E-state index contributed by atoms with van der Waals surface area (Å²) in [4.78, 5) is 16.9. The molecular formula is C25H25N5OS. The molecular weight excluding hydrogens is 418 g/mol. The topological polar surface area (TPSA) is 72.7 Å². The third kappa shape index (κ3) is 4.73. The number of amides is 1. The second-order valence-corrected chi connectivity index (χ2v) is 8.69. The van der Waals surface area contributed by atoms with Crippen LogP contribution in [-0.2, 0) is 4.79 Å². The molecule has 0 atom stereocenters. The average molecular weight is 444 g/mol. The van der Waals surface area contributed by atoms with Gasteiger partial charge in [-0.25, -0.2) is 0 Å². The molecule has 1 amide bonds. The lowest BCUT2D eigenvalue weighted by Crippen LogP contribution is -2.15. The van der Waals surface area contributed by atoms with E-state index in [0.717, 1.165) is 22.5 Å². The molecule has 0 aliphatic carbocycles. The van der Waals surface area contributed by atoms with Crippen LogP contribution in [0.1, 0.15) is 30.9 Å². The number of hydrogen-bond acceptors (Lipinski definition) is 5. The van der Waals surface area contributed by atoms with Gasteiger partial charge < -0.3 is 5.32 Å². The monoisotopic (exact) mass is 443 g/mol. The maximum atomic E-state index is 12.6. The van der Waals surface area contributed by atoms with Gasteiger partial charge in [0.05, 0.1) is 11.4 Å². The van der Waals surface area contributed by atoms with Crippen LogP contribution < -0.4 is 5.32 Å². The Morgan fingerprint density at radius 1 is 1.03 bits per heavy atom. The lowest BCUT2D eigenvalue weighted by molar-refractivity contribution is -0.113. The molecule has 0 saturated heterocycles. The smallest absolute Gasteiger partial charge is 0.234 e. The first kappa shape index (κ1) is 21.8. The summed E-state index contributed by atoms with van der Waals surface area (Å²) in [5.74, 6) is 1.16. The summed E-state index contributed by atoms with van der Waals surface area (Å²) in [5.41, 5.74) is 4.91. The largest absolute Gasteiger partial charge is 0.325 e. The molecule has 0 aliphatic rings. The lowest BCUT2D eigenvalue weighted by Gasteiger charge is -2.17. The number of benzene rings is 2. The first-order valence-corrected chi connectivity index (χ1v) is 11.5. The van der Waals surface area contributed by atoms with Crippen molar-refractivity contribution in [3.8, 4) is 17.1 Å².